The van der Waals surface area contributed by atoms with Crippen LogP contribution in [0.4, 0.5) is 5.69 Å². The number of anilines is 1. The van der Waals surface area contributed by atoms with Gasteiger partial charge < -0.3 is 15.1 Å². The number of rotatable bonds is 4. The summed E-state index contributed by atoms with van der Waals surface area (Å²) in [5.74, 6) is 0.297. The number of hydrogen-bond donors (Lipinski definition) is 2. The van der Waals surface area contributed by atoms with E-state index in [0.29, 0.717) is 22.9 Å². The summed E-state index contributed by atoms with van der Waals surface area (Å²) >= 11 is 0. The highest BCUT2D eigenvalue weighted by Gasteiger charge is 2.18. The van der Waals surface area contributed by atoms with Crippen molar-refractivity contribution in [2.45, 2.75) is 6.92 Å². The minimum atomic E-state index is -0.365. The van der Waals surface area contributed by atoms with Crippen molar-refractivity contribution < 1.29 is 14.0 Å². The van der Waals surface area contributed by atoms with Crippen LogP contribution in [0.5, 0.6) is 0 Å². The third-order valence-electron chi connectivity index (χ3n) is 3.66. The second kappa shape index (κ2) is 7.00. The van der Waals surface area contributed by atoms with Crippen molar-refractivity contribution in [3.05, 3.63) is 71.6 Å². The molecule has 0 saturated carbocycles. The summed E-state index contributed by atoms with van der Waals surface area (Å²) in [6.45, 7) is 1.70. The molecule has 126 valence electrons. The highest BCUT2D eigenvalue weighted by atomic mass is 16.4. The highest BCUT2D eigenvalue weighted by Crippen LogP contribution is 2.22. The van der Waals surface area contributed by atoms with Crippen molar-refractivity contribution in [1.29, 1.82) is 0 Å². The molecule has 3 aromatic rings. The first-order valence-electron chi connectivity index (χ1n) is 7.75. The Morgan fingerprint density at radius 2 is 1.64 bits per heavy atom. The Labute approximate surface area is 144 Å². The van der Waals surface area contributed by atoms with Gasteiger partial charge in [-0.15, -0.1) is 0 Å². The summed E-state index contributed by atoms with van der Waals surface area (Å²) in [6, 6.07) is 16.0. The molecular weight excluding hydrogens is 318 g/mol. The molecule has 6 nitrogen and oxygen atoms in total. The van der Waals surface area contributed by atoms with E-state index in [4.69, 9.17) is 4.42 Å². The fourth-order valence-corrected chi connectivity index (χ4v) is 2.35. The van der Waals surface area contributed by atoms with Gasteiger partial charge in [0.05, 0.1) is 0 Å². The van der Waals surface area contributed by atoms with Crippen molar-refractivity contribution in [2.24, 2.45) is 0 Å². The van der Waals surface area contributed by atoms with Crippen LogP contribution in [0.2, 0.25) is 0 Å². The molecule has 0 saturated heterocycles. The standard InChI is InChI=1S/C19H17N3O3/c1-12-16(22-19(25-12)14-6-4-3-5-7-14)18(24)21-15-10-8-13(9-11-15)17(23)20-2/h3-11H,1-2H3,(H,20,23)(H,21,24). The van der Waals surface area contributed by atoms with Crippen LogP contribution in [0.15, 0.2) is 59.0 Å². The Balaban J connectivity index is 1.78. The van der Waals surface area contributed by atoms with Gasteiger partial charge in [-0.25, -0.2) is 4.98 Å². The predicted molar refractivity (Wildman–Crippen MR) is 94.5 cm³/mol. The summed E-state index contributed by atoms with van der Waals surface area (Å²) in [5.41, 5.74) is 2.12. The lowest BCUT2D eigenvalue weighted by Gasteiger charge is -2.05. The first-order chi connectivity index (χ1) is 12.1. The topological polar surface area (TPSA) is 84.2 Å². The van der Waals surface area contributed by atoms with E-state index in [1.807, 2.05) is 30.3 Å². The number of aromatic nitrogens is 1. The van der Waals surface area contributed by atoms with Crippen LogP contribution in [-0.4, -0.2) is 23.8 Å². The van der Waals surface area contributed by atoms with Gasteiger partial charge in [-0.05, 0) is 43.3 Å². The zero-order valence-electron chi connectivity index (χ0n) is 13.9. The quantitative estimate of drug-likeness (QED) is 0.766. The van der Waals surface area contributed by atoms with Crippen LogP contribution < -0.4 is 10.6 Å². The molecule has 0 radical (unpaired) electrons. The normalized spacial score (nSPS) is 10.3. The maximum atomic E-state index is 12.4. The molecule has 2 N–H and O–H groups in total. The van der Waals surface area contributed by atoms with E-state index in [9.17, 15) is 9.59 Å². The van der Waals surface area contributed by atoms with Gasteiger partial charge in [0.1, 0.15) is 5.76 Å². The van der Waals surface area contributed by atoms with Crippen LogP contribution >= 0.6 is 0 Å². The second-order valence-corrected chi connectivity index (χ2v) is 5.40. The highest BCUT2D eigenvalue weighted by molar-refractivity contribution is 6.04. The van der Waals surface area contributed by atoms with Crippen LogP contribution in [0.25, 0.3) is 11.5 Å². The molecule has 0 unspecified atom stereocenters. The van der Waals surface area contributed by atoms with E-state index in [1.54, 1.807) is 38.2 Å². The monoisotopic (exact) mass is 335 g/mol. The lowest BCUT2D eigenvalue weighted by Crippen LogP contribution is -2.18. The van der Waals surface area contributed by atoms with Crippen LogP contribution in [0.3, 0.4) is 0 Å². The molecule has 0 bridgehead atoms. The second-order valence-electron chi connectivity index (χ2n) is 5.40. The Hall–Kier alpha value is -3.41. The summed E-state index contributed by atoms with van der Waals surface area (Å²) in [7, 11) is 1.57. The summed E-state index contributed by atoms with van der Waals surface area (Å²) in [5, 5.41) is 5.30. The first kappa shape index (κ1) is 16.4. The van der Waals surface area contributed by atoms with Crippen molar-refractivity contribution >= 4 is 17.5 Å². The van der Waals surface area contributed by atoms with Gasteiger partial charge in [0, 0.05) is 23.9 Å². The van der Waals surface area contributed by atoms with E-state index in [1.165, 1.54) is 0 Å². The van der Waals surface area contributed by atoms with E-state index < -0.39 is 0 Å². The Morgan fingerprint density at radius 3 is 2.28 bits per heavy atom. The number of benzene rings is 2. The number of carbonyl (C=O) groups excluding carboxylic acids is 2. The van der Waals surface area contributed by atoms with Gasteiger partial charge in [0.25, 0.3) is 11.8 Å². The molecule has 0 spiro atoms. The molecule has 0 atom stereocenters. The van der Waals surface area contributed by atoms with Crippen LogP contribution in [-0.2, 0) is 0 Å². The van der Waals surface area contributed by atoms with Gasteiger partial charge in [-0.1, -0.05) is 18.2 Å². The largest absolute Gasteiger partial charge is 0.441 e. The zero-order valence-corrected chi connectivity index (χ0v) is 13.9. The van der Waals surface area contributed by atoms with E-state index in [2.05, 4.69) is 15.6 Å². The number of hydrogen-bond acceptors (Lipinski definition) is 4. The number of nitrogens with zero attached hydrogens (tertiary/aromatic N) is 1. The maximum Gasteiger partial charge on any atom is 0.277 e. The lowest BCUT2D eigenvalue weighted by molar-refractivity contribution is 0.0962. The predicted octanol–water partition coefficient (Wildman–Crippen LogP) is 3.26. The van der Waals surface area contributed by atoms with Crippen molar-refractivity contribution in [3.8, 4) is 11.5 Å². The number of amides is 2. The third kappa shape index (κ3) is 3.58. The van der Waals surface area contributed by atoms with Crippen molar-refractivity contribution in [2.75, 3.05) is 12.4 Å². The molecule has 0 aliphatic heterocycles. The van der Waals surface area contributed by atoms with Crippen LogP contribution in [0, 0.1) is 6.92 Å². The molecule has 3 rings (SSSR count). The average molecular weight is 335 g/mol. The van der Waals surface area contributed by atoms with Gasteiger partial charge in [0.2, 0.25) is 5.89 Å². The molecule has 0 aliphatic rings. The molecule has 1 heterocycles. The molecule has 0 fully saturated rings. The first-order valence-corrected chi connectivity index (χ1v) is 7.75. The minimum Gasteiger partial charge on any atom is -0.441 e. The lowest BCUT2D eigenvalue weighted by atomic mass is 10.2. The van der Waals surface area contributed by atoms with E-state index in [0.717, 1.165) is 5.56 Å². The Kier molecular flexibility index (Phi) is 4.61. The zero-order chi connectivity index (χ0) is 17.8. The molecule has 1 aromatic heterocycles. The van der Waals surface area contributed by atoms with Gasteiger partial charge in [-0.3, -0.25) is 9.59 Å². The molecule has 2 amide bonds. The third-order valence-corrected chi connectivity index (χ3v) is 3.66. The minimum absolute atomic E-state index is 0.183. The fourth-order valence-electron chi connectivity index (χ4n) is 2.35. The van der Waals surface area contributed by atoms with Gasteiger partial charge >= 0.3 is 0 Å². The van der Waals surface area contributed by atoms with E-state index >= 15 is 0 Å². The van der Waals surface area contributed by atoms with Crippen molar-refractivity contribution in [3.63, 3.8) is 0 Å². The van der Waals surface area contributed by atoms with E-state index in [-0.39, 0.29) is 17.5 Å². The molecule has 0 aliphatic carbocycles. The fraction of sp³-hybridized carbons (Fsp3) is 0.105. The van der Waals surface area contributed by atoms with Crippen molar-refractivity contribution in [1.82, 2.24) is 10.3 Å². The van der Waals surface area contributed by atoms with Gasteiger partial charge in [-0.2, -0.15) is 0 Å². The van der Waals surface area contributed by atoms with Crippen LogP contribution in [0.1, 0.15) is 26.6 Å². The molecular formula is C19H17N3O3. The number of carbonyl (C=O) groups is 2. The maximum absolute atomic E-state index is 12.4. The number of nitrogens with one attached hydrogen (secondary N) is 2. The molecule has 6 heteroatoms. The van der Waals surface area contributed by atoms with Gasteiger partial charge in [0.15, 0.2) is 5.69 Å². The summed E-state index contributed by atoms with van der Waals surface area (Å²) < 4.78 is 5.60. The number of oxazole rings is 1. The Bertz CT molecular complexity index is 899. The average Bonchev–Trinajstić information content (AvgIpc) is 3.04. The smallest absolute Gasteiger partial charge is 0.277 e. The SMILES string of the molecule is CNC(=O)c1ccc(NC(=O)c2nc(-c3ccccc3)oc2C)cc1. The number of aryl methyl sites for hydroxylation is 1. The molecule has 2 aromatic carbocycles. The summed E-state index contributed by atoms with van der Waals surface area (Å²) in [4.78, 5) is 28.3. The summed E-state index contributed by atoms with van der Waals surface area (Å²) in [6.07, 6.45) is 0. The molecule has 25 heavy (non-hydrogen) atoms. The Morgan fingerprint density at radius 1 is 0.960 bits per heavy atom.